The summed E-state index contributed by atoms with van der Waals surface area (Å²) in [7, 11) is 1.59. The van der Waals surface area contributed by atoms with Gasteiger partial charge in [0, 0.05) is 6.54 Å². The molecule has 1 amide bonds. The van der Waals surface area contributed by atoms with Crippen LogP contribution in [-0.2, 0) is 10.3 Å². The van der Waals surface area contributed by atoms with Crippen molar-refractivity contribution < 1.29 is 19.4 Å². The molecule has 0 unspecified atom stereocenters. The number of carbonyl (C=O) groups is 1. The molecule has 3 N–H and O–H groups in total. The molecule has 1 fully saturated rings. The number of piperidine rings is 1. The van der Waals surface area contributed by atoms with Crippen LogP contribution in [0.4, 0.5) is 0 Å². The van der Waals surface area contributed by atoms with Gasteiger partial charge in [-0.1, -0.05) is 30.3 Å². The molecule has 0 radical (unpaired) electrons. The highest BCUT2D eigenvalue weighted by Gasteiger charge is 2.42. The van der Waals surface area contributed by atoms with Crippen molar-refractivity contribution in [1.29, 1.82) is 0 Å². The fourth-order valence-electron chi connectivity index (χ4n) is 3.26. The second-order valence-corrected chi connectivity index (χ2v) is 6.32. The van der Waals surface area contributed by atoms with Gasteiger partial charge in [0.25, 0.3) is 5.91 Å². The number of nitrogens with one attached hydrogen (secondary N) is 2. The Morgan fingerprint density at radius 2 is 1.85 bits per heavy atom. The summed E-state index contributed by atoms with van der Waals surface area (Å²) in [5, 5.41) is 16.8. The zero-order valence-electron chi connectivity index (χ0n) is 15.2. The number of methoxy groups -OCH3 is 1. The second kappa shape index (κ2) is 9.60. The van der Waals surface area contributed by atoms with Crippen molar-refractivity contribution in [3.05, 3.63) is 60.2 Å². The van der Waals surface area contributed by atoms with Crippen LogP contribution in [0.15, 0.2) is 54.6 Å². The summed E-state index contributed by atoms with van der Waals surface area (Å²) in [5.41, 5.74) is 0.0825. The predicted octanol–water partition coefficient (Wildman–Crippen LogP) is 1.86. The third-order valence-corrected chi connectivity index (χ3v) is 4.68. The molecule has 146 valence electrons. The molecule has 6 nitrogen and oxygen atoms in total. The quantitative estimate of drug-likeness (QED) is 0.699. The minimum Gasteiger partial charge on any atom is -0.497 e. The number of rotatable bonds is 6. The molecule has 1 saturated heterocycles. The Bertz CT molecular complexity index is 727. The van der Waals surface area contributed by atoms with Gasteiger partial charge in [-0.3, -0.25) is 4.79 Å². The van der Waals surface area contributed by atoms with Gasteiger partial charge in [0.15, 0.2) is 6.61 Å². The fourth-order valence-corrected chi connectivity index (χ4v) is 3.26. The molecular weight excluding hydrogens is 368 g/mol. The number of β-amino-alcohol motifs (C(OH)–C–C–N with tert-alkyl or cyclic N) is 1. The molecule has 27 heavy (non-hydrogen) atoms. The normalized spacial score (nSPS) is 21.6. The molecular formula is C20H25ClN2O4. The van der Waals surface area contributed by atoms with Crippen LogP contribution in [0.25, 0.3) is 0 Å². The van der Waals surface area contributed by atoms with E-state index in [-0.39, 0.29) is 24.9 Å². The lowest BCUT2D eigenvalue weighted by molar-refractivity contribution is -0.127. The van der Waals surface area contributed by atoms with Crippen molar-refractivity contribution in [2.45, 2.75) is 18.1 Å². The van der Waals surface area contributed by atoms with Gasteiger partial charge in [0.05, 0.1) is 18.8 Å². The van der Waals surface area contributed by atoms with E-state index >= 15 is 0 Å². The minimum atomic E-state index is -0.813. The van der Waals surface area contributed by atoms with Gasteiger partial charge >= 0.3 is 0 Å². The zero-order chi connectivity index (χ0) is 18.4. The lowest BCUT2D eigenvalue weighted by Crippen LogP contribution is -2.61. The Labute approximate surface area is 165 Å². The summed E-state index contributed by atoms with van der Waals surface area (Å²) in [6.07, 6.45) is -0.115. The van der Waals surface area contributed by atoms with E-state index in [1.165, 1.54) is 0 Å². The van der Waals surface area contributed by atoms with Crippen LogP contribution < -0.4 is 20.1 Å². The summed E-state index contributed by atoms with van der Waals surface area (Å²) >= 11 is 0. The maximum absolute atomic E-state index is 12.5. The third kappa shape index (κ3) is 4.91. The SMILES string of the molecule is COc1ccc(OCC(=O)N[C@]2(c3ccccc3)CCNC[C@H]2O)cc1.Cl. The van der Waals surface area contributed by atoms with Gasteiger partial charge in [0.1, 0.15) is 11.5 Å². The first-order chi connectivity index (χ1) is 12.6. The number of aliphatic hydroxyl groups is 1. The van der Waals surface area contributed by atoms with Crippen molar-refractivity contribution in [2.24, 2.45) is 0 Å². The highest BCUT2D eigenvalue weighted by molar-refractivity contribution is 5.85. The smallest absolute Gasteiger partial charge is 0.258 e. The van der Waals surface area contributed by atoms with Crippen LogP contribution in [0, 0.1) is 0 Å². The Hall–Kier alpha value is -2.28. The number of hydrogen-bond donors (Lipinski definition) is 3. The van der Waals surface area contributed by atoms with Crippen molar-refractivity contribution in [3.63, 3.8) is 0 Å². The number of hydrogen-bond acceptors (Lipinski definition) is 5. The molecule has 0 aromatic heterocycles. The molecule has 2 atom stereocenters. The number of halogens is 1. The van der Waals surface area contributed by atoms with E-state index in [0.717, 1.165) is 11.3 Å². The van der Waals surface area contributed by atoms with Crippen LogP contribution in [0.5, 0.6) is 11.5 Å². The van der Waals surface area contributed by atoms with Gasteiger partial charge in [-0.25, -0.2) is 0 Å². The van der Waals surface area contributed by atoms with E-state index in [4.69, 9.17) is 9.47 Å². The highest BCUT2D eigenvalue weighted by Crippen LogP contribution is 2.31. The predicted molar refractivity (Wildman–Crippen MR) is 105 cm³/mol. The molecule has 0 saturated carbocycles. The summed E-state index contributed by atoms with van der Waals surface area (Å²) in [6, 6.07) is 16.6. The lowest BCUT2D eigenvalue weighted by Gasteiger charge is -2.42. The van der Waals surface area contributed by atoms with Gasteiger partial charge < -0.3 is 25.2 Å². The Balaban J connectivity index is 0.00000261. The van der Waals surface area contributed by atoms with E-state index in [2.05, 4.69) is 10.6 Å². The fraction of sp³-hybridized carbons (Fsp3) is 0.350. The Morgan fingerprint density at radius 3 is 2.48 bits per heavy atom. The number of carbonyl (C=O) groups excluding carboxylic acids is 1. The Kier molecular flexibility index (Phi) is 7.47. The molecule has 2 aromatic rings. The van der Waals surface area contributed by atoms with Crippen molar-refractivity contribution in [2.75, 3.05) is 26.8 Å². The van der Waals surface area contributed by atoms with Crippen molar-refractivity contribution in [3.8, 4) is 11.5 Å². The Morgan fingerprint density at radius 1 is 1.19 bits per heavy atom. The first-order valence-electron chi connectivity index (χ1n) is 8.66. The third-order valence-electron chi connectivity index (χ3n) is 4.68. The van der Waals surface area contributed by atoms with Crippen LogP contribution in [0.3, 0.4) is 0 Å². The van der Waals surface area contributed by atoms with Crippen LogP contribution >= 0.6 is 12.4 Å². The topological polar surface area (TPSA) is 79.8 Å². The van der Waals surface area contributed by atoms with Crippen molar-refractivity contribution >= 4 is 18.3 Å². The molecule has 1 heterocycles. The minimum absolute atomic E-state index is 0. The number of benzene rings is 2. The van der Waals surface area contributed by atoms with E-state index in [1.807, 2.05) is 30.3 Å². The van der Waals surface area contributed by atoms with Gasteiger partial charge in [0.2, 0.25) is 0 Å². The van der Waals surface area contributed by atoms with Crippen molar-refractivity contribution in [1.82, 2.24) is 10.6 Å². The largest absolute Gasteiger partial charge is 0.497 e. The van der Waals surface area contributed by atoms with Gasteiger partial charge in [-0.05, 0) is 42.8 Å². The number of amides is 1. The molecule has 0 bridgehead atoms. The first kappa shape index (κ1) is 21.0. The summed E-state index contributed by atoms with van der Waals surface area (Å²) in [6.45, 7) is 1.02. The second-order valence-electron chi connectivity index (χ2n) is 6.32. The maximum Gasteiger partial charge on any atom is 0.258 e. The van der Waals surface area contributed by atoms with E-state index in [0.29, 0.717) is 25.3 Å². The molecule has 1 aliphatic heterocycles. The van der Waals surface area contributed by atoms with Gasteiger partial charge in [-0.2, -0.15) is 0 Å². The summed E-state index contributed by atoms with van der Waals surface area (Å²) < 4.78 is 10.7. The lowest BCUT2D eigenvalue weighted by atomic mass is 9.79. The maximum atomic E-state index is 12.5. The van der Waals surface area contributed by atoms with Crippen LogP contribution in [0.1, 0.15) is 12.0 Å². The molecule has 0 aliphatic carbocycles. The molecule has 3 rings (SSSR count). The van der Waals surface area contributed by atoms with Crippen LogP contribution in [0.2, 0.25) is 0 Å². The summed E-state index contributed by atoms with van der Waals surface area (Å²) in [4.78, 5) is 12.5. The number of ether oxygens (including phenoxy) is 2. The molecule has 1 aliphatic rings. The van der Waals surface area contributed by atoms with Gasteiger partial charge in [-0.15, -0.1) is 12.4 Å². The van der Waals surface area contributed by atoms with E-state index in [9.17, 15) is 9.90 Å². The van der Waals surface area contributed by atoms with E-state index in [1.54, 1.807) is 31.4 Å². The number of aliphatic hydroxyl groups excluding tert-OH is 1. The molecule has 7 heteroatoms. The average molecular weight is 393 g/mol. The zero-order valence-corrected chi connectivity index (χ0v) is 16.0. The summed E-state index contributed by atoms with van der Waals surface area (Å²) in [5.74, 6) is 1.04. The van der Waals surface area contributed by atoms with E-state index < -0.39 is 11.6 Å². The molecule has 0 spiro atoms. The molecule has 2 aromatic carbocycles. The first-order valence-corrected chi connectivity index (χ1v) is 8.66. The average Bonchev–Trinajstić information content (AvgIpc) is 2.69. The van der Waals surface area contributed by atoms with Crippen LogP contribution in [-0.4, -0.2) is 43.9 Å². The highest BCUT2D eigenvalue weighted by atomic mass is 35.5. The standard InChI is InChI=1S/C20H24N2O4.ClH/c1-25-16-7-9-17(10-8-16)26-14-19(24)22-20(11-12-21-13-18(20)23)15-5-3-2-4-6-15;/h2-10,18,21,23H,11-14H2,1H3,(H,22,24);1H/t18-,20+;/m1./s1. The monoisotopic (exact) mass is 392 g/mol.